The molecule has 2 fully saturated rings. The average molecular weight is 469 g/mol. The maximum Gasteiger partial charge on any atom is 0.333 e. The van der Waals surface area contributed by atoms with Gasteiger partial charge in [0.2, 0.25) is 0 Å². The van der Waals surface area contributed by atoms with E-state index in [1.807, 2.05) is 6.07 Å². The van der Waals surface area contributed by atoms with E-state index < -0.39 is 10.3 Å². The lowest BCUT2D eigenvalue weighted by Crippen LogP contribution is -2.45. The molecule has 1 aromatic rings. The molecule has 2 N–H and O–H groups in total. The van der Waals surface area contributed by atoms with Crippen LogP contribution in [0.2, 0.25) is 0 Å². The molecule has 0 spiro atoms. The first kappa shape index (κ1) is 26.8. The number of hydrogen-bond acceptors (Lipinski definition) is 6. The molecule has 32 heavy (non-hydrogen) atoms. The minimum absolute atomic E-state index is 0.156. The molecule has 0 heterocycles. The third-order valence-corrected chi connectivity index (χ3v) is 6.87. The summed E-state index contributed by atoms with van der Waals surface area (Å²) < 4.78 is 31.5. The van der Waals surface area contributed by atoms with Crippen LogP contribution in [0.25, 0.3) is 0 Å². The summed E-state index contributed by atoms with van der Waals surface area (Å²) in [5.74, 6) is 0.160. The van der Waals surface area contributed by atoms with Gasteiger partial charge in [-0.2, -0.15) is 8.42 Å². The zero-order chi connectivity index (χ0) is 23.6. The van der Waals surface area contributed by atoms with Gasteiger partial charge in [0.15, 0.2) is 0 Å². The fourth-order valence-corrected chi connectivity index (χ4v) is 5.46. The highest BCUT2D eigenvalue weighted by Crippen LogP contribution is 2.45. The van der Waals surface area contributed by atoms with E-state index in [9.17, 15) is 13.2 Å². The summed E-state index contributed by atoms with van der Waals surface area (Å²) in [4.78, 5) is 13.9. The van der Waals surface area contributed by atoms with Crippen molar-refractivity contribution in [2.45, 2.75) is 88.8 Å². The van der Waals surface area contributed by atoms with Crippen LogP contribution in [0.15, 0.2) is 30.3 Å². The van der Waals surface area contributed by atoms with Crippen LogP contribution in [0.5, 0.6) is 0 Å². The number of rotatable bonds is 7. The molecule has 2 aliphatic carbocycles. The van der Waals surface area contributed by atoms with Gasteiger partial charge in [-0.3, -0.25) is 8.98 Å². The van der Waals surface area contributed by atoms with E-state index in [2.05, 4.69) is 47.4 Å². The third kappa shape index (κ3) is 9.17. The summed E-state index contributed by atoms with van der Waals surface area (Å²) in [5, 5.41) is 4.72. The van der Waals surface area contributed by atoms with Gasteiger partial charge in [0.25, 0.3) is 0 Å². The second-order valence-electron chi connectivity index (χ2n) is 9.27. The van der Waals surface area contributed by atoms with Crippen molar-refractivity contribution < 1.29 is 22.1 Å². The molecule has 1 aromatic carbocycles. The number of nitrogens with two attached hydrogens (primary N) is 1. The van der Waals surface area contributed by atoms with Gasteiger partial charge in [-0.05, 0) is 51.8 Å². The summed E-state index contributed by atoms with van der Waals surface area (Å²) in [6.45, 7) is 2.48. The number of carbonyl (C=O) groups is 1. The van der Waals surface area contributed by atoms with Crippen LogP contribution in [0.3, 0.4) is 0 Å². The Balaban J connectivity index is 0.000000278. The van der Waals surface area contributed by atoms with Crippen molar-refractivity contribution in [2.75, 3.05) is 20.6 Å². The van der Waals surface area contributed by atoms with Crippen LogP contribution in [0, 0.1) is 0 Å². The number of carbonyl (C=O) groups excluding carboxylic acids is 1. The van der Waals surface area contributed by atoms with Gasteiger partial charge in [-0.25, -0.2) is 5.14 Å². The Morgan fingerprint density at radius 3 is 2.25 bits per heavy atom. The van der Waals surface area contributed by atoms with Crippen molar-refractivity contribution in [3.05, 3.63) is 35.9 Å². The summed E-state index contributed by atoms with van der Waals surface area (Å²) >= 11 is 0. The Morgan fingerprint density at radius 1 is 1.06 bits per heavy atom. The largest absolute Gasteiger partial charge is 0.459 e. The van der Waals surface area contributed by atoms with Crippen LogP contribution in [0.4, 0.5) is 0 Å². The van der Waals surface area contributed by atoms with Crippen molar-refractivity contribution in [3.63, 3.8) is 0 Å². The molecule has 0 aliphatic heterocycles. The third-order valence-electron chi connectivity index (χ3n) is 6.33. The zero-order valence-electron chi connectivity index (χ0n) is 19.8. The number of hydrogen-bond donors (Lipinski definition) is 1. The average Bonchev–Trinajstić information content (AvgIpc) is 2.73. The molecule has 7 nitrogen and oxygen atoms in total. The van der Waals surface area contributed by atoms with E-state index in [-0.39, 0.29) is 17.7 Å². The fraction of sp³-hybridized carbons (Fsp3) is 0.708. The molecule has 2 unspecified atom stereocenters. The predicted octanol–water partition coefficient (Wildman–Crippen LogP) is 4.14. The van der Waals surface area contributed by atoms with Crippen molar-refractivity contribution in [2.24, 2.45) is 5.14 Å². The molecular weight excluding hydrogens is 428 g/mol. The topological polar surface area (TPSA) is 98.9 Å². The molecule has 0 aromatic heterocycles. The number of benzene rings is 1. The molecule has 0 amide bonds. The van der Waals surface area contributed by atoms with Gasteiger partial charge in [-0.1, -0.05) is 56.0 Å². The fourth-order valence-electron chi connectivity index (χ4n) is 4.89. The quantitative estimate of drug-likeness (QED) is 0.604. The zero-order valence-corrected chi connectivity index (χ0v) is 20.6. The van der Waals surface area contributed by atoms with Crippen LogP contribution in [-0.4, -0.2) is 51.6 Å². The Hall–Kier alpha value is -1.48. The number of ether oxygens (including phenoxy) is 1. The first-order valence-electron chi connectivity index (χ1n) is 11.7. The summed E-state index contributed by atoms with van der Waals surface area (Å²) in [6, 6.07) is 10.5. The van der Waals surface area contributed by atoms with Gasteiger partial charge in [-0.15, -0.1) is 0 Å². The Bertz CT molecular complexity index is 794. The normalized spacial score (nSPS) is 24.5. The van der Waals surface area contributed by atoms with E-state index in [0.29, 0.717) is 5.92 Å². The highest BCUT2D eigenvalue weighted by atomic mass is 32.2. The summed E-state index contributed by atoms with van der Waals surface area (Å²) in [6.07, 6.45) is 10.1. The summed E-state index contributed by atoms with van der Waals surface area (Å²) in [7, 11) is 0.419. The molecule has 8 heteroatoms. The van der Waals surface area contributed by atoms with E-state index >= 15 is 0 Å². The molecule has 2 aliphatic rings. The molecule has 2 saturated carbocycles. The molecule has 2 atom stereocenters. The second kappa shape index (κ2) is 12.7. The smallest absolute Gasteiger partial charge is 0.333 e. The van der Waals surface area contributed by atoms with E-state index in [1.54, 1.807) is 0 Å². The lowest BCUT2D eigenvalue weighted by atomic mass is 9.70. The van der Waals surface area contributed by atoms with Crippen LogP contribution in [-0.2, 0) is 24.0 Å². The van der Waals surface area contributed by atoms with Gasteiger partial charge < -0.3 is 9.64 Å². The van der Waals surface area contributed by atoms with Crippen molar-refractivity contribution in [3.8, 4) is 0 Å². The maximum atomic E-state index is 11.7. The predicted molar refractivity (Wildman–Crippen MR) is 126 cm³/mol. The molecular formula is C24H40N2O5S. The maximum absolute atomic E-state index is 11.7. The lowest BCUT2D eigenvalue weighted by Gasteiger charge is -2.44. The van der Waals surface area contributed by atoms with Crippen LogP contribution >= 0.6 is 0 Å². The first-order valence-corrected chi connectivity index (χ1v) is 13.2. The molecule has 0 radical (unpaired) electrons. The number of nitrogens with zero attached hydrogens (tertiary/aromatic N) is 1. The van der Waals surface area contributed by atoms with E-state index in [0.717, 1.165) is 57.9 Å². The standard InChI is InChI=1S/C18H27NO2.C6H13NO3S/c1-15(20)21-18(13-14-19(2)3)12-8-7-11-17(18)16-9-5-4-6-10-16;7-11(8,9)10-6-4-2-1-3-5-6/h4-6,9-10,17H,7-8,11-14H2,1-3H3;6H,1-5H2,(H2,7,8,9). The van der Waals surface area contributed by atoms with Crippen molar-refractivity contribution in [1.82, 2.24) is 4.90 Å². The second-order valence-corrected chi connectivity index (χ2v) is 10.4. The molecule has 0 saturated heterocycles. The highest BCUT2D eigenvalue weighted by Gasteiger charge is 2.44. The van der Waals surface area contributed by atoms with Crippen molar-refractivity contribution in [1.29, 1.82) is 0 Å². The van der Waals surface area contributed by atoms with Crippen LogP contribution in [0.1, 0.15) is 82.6 Å². The van der Waals surface area contributed by atoms with Gasteiger partial charge in [0.1, 0.15) is 5.60 Å². The van der Waals surface area contributed by atoms with E-state index in [1.165, 1.54) is 25.3 Å². The summed E-state index contributed by atoms with van der Waals surface area (Å²) in [5.41, 5.74) is 0.965. The van der Waals surface area contributed by atoms with Gasteiger partial charge in [0.05, 0.1) is 6.10 Å². The van der Waals surface area contributed by atoms with Crippen molar-refractivity contribution >= 4 is 16.3 Å². The Morgan fingerprint density at radius 2 is 1.69 bits per heavy atom. The molecule has 3 rings (SSSR count). The van der Waals surface area contributed by atoms with Gasteiger partial charge in [0, 0.05) is 25.8 Å². The molecule has 182 valence electrons. The Labute approximate surface area is 193 Å². The monoisotopic (exact) mass is 468 g/mol. The SMILES string of the molecule is CC(=O)OC1(CCN(C)C)CCCCC1c1ccccc1.NS(=O)(=O)OC1CCCCC1. The minimum Gasteiger partial charge on any atom is -0.459 e. The minimum atomic E-state index is -3.72. The lowest BCUT2D eigenvalue weighted by molar-refractivity contribution is -0.164. The first-order chi connectivity index (χ1) is 15.1. The van der Waals surface area contributed by atoms with Gasteiger partial charge >= 0.3 is 16.3 Å². The van der Waals surface area contributed by atoms with Crippen LogP contribution < -0.4 is 5.14 Å². The molecule has 0 bridgehead atoms. The number of esters is 1. The van der Waals surface area contributed by atoms with E-state index in [4.69, 9.17) is 9.88 Å². The highest BCUT2D eigenvalue weighted by molar-refractivity contribution is 7.84. The Kier molecular flexibility index (Phi) is 10.6.